The molecule has 98 valence electrons. The number of carbonyl (C=O) groups excluding carboxylic acids is 1. The van der Waals surface area contributed by atoms with Crippen LogP contribution in [0.25, 0.3) is 0 Å². The highest BCUT2D eigenvalue weighted by molar-refractivity contribution is 5.76. The summed E-state index contributed by atoms with van der Waals surface area (Å²) in [6.45, 7) is 7.79. The van der Waals surface area contributed by atoms with Gasteiger partial charge in [-0.05, 0) is 27.7 Å². The molecule has 0 spiro atoms. The second-order valence-corrected chi connectivity index (χ2v) is 5.28. The van der Waals surface area contributed by atoms with Gasteiger partial charge in [-0.2, -0.15) is 0 Å². The number of piperazine rings is 1. The Kier molecular flexibility index (Phi) is 3.98. The van der Waals surface area contributed by atoms with Gasteiger partial charge >= 0.3 is 12.1 Å². The standard InChI is InChI=1S/C11H20N2O4/c1-7-5-12-8(9(14)15)6-13(7)10(16)17-11(2,3)4/h7-8,12H,5-6H2,1-4H3,(H,14,15)/t7-,8-/m0/s1. The summed E-state index contributed by atoms with van der Waals surface area (Å²) in [5.74, 6) is -0.953. The zero-order valence-electron chi connectivity index (χ0n) is 10.7. The molecule has 0 unspecified atom stereocenters. The molecule has 1 aliphatic heterocycles. The minimum atomic E-state index is -0.953. The van der Waals surface area contributed by atoms with E-state index in [1.54, 1.807) is 20.8 Å². The van der Waals surface area contributed by atoms with Gasteiger partial charge in [-0.15, -0.1) is 0 Å². The van der Waals surface area contributed by atoms with E-state index in [4.69, 9.17) is 9.84 Å². The Morgan fingerprint density at radius 2 is 2.00 bits per heavy atom. The summed E-state index contributed by atoms with van der Waals surface area (Å²) in [4.78, 5) is 24.2. The van der Waals surface area contributed by atoms with E-state index < -0.39 is 23.7 Å². The highest BCUT2D eigenvalue weighted by atomic mass is 16.6. The van der Waals surface area contributed by atoms with Crippen LogP contribution < -0.4 is 5.32 Å². The van der Waals surface area contributed by atoms with Crippen molar-refractivity contribution in [2.75, 3.05) is 13.1 Å². The molecular formula is C11H20N2O4. The quantitative estimate of drug-likeness (QED) is 0.708. The van der Waals surface area contributed by atoms with Gasteiger partial charge in [0.1, 0.15) is 11.6 Å². The van der Waals surface area contributed by atoms with Crippen LogP contribution in [0.1, 0.15) is 27.7 Å². The Morgan fingerprint density at radius 1 is 1.41 bits per heavy atom. The Morgan fingerprint density at radius 3 is 2.47 bits per heavy atom. The third-order valence-electron chi connectivity index (χ3n) is 2.50. The van der Waals surface area contributed by atoms with Crippen molar-refractivity contribution in [1.82, 2.24) is 10.2 Å². The molecule has 1 fully saturated rings. The maximum Gasteiger partial charge on any atom is 0.410 e. The fourth-order valence-electron chi connectivity index (χ4n) is 1.60. The van der Waals surface area contributed by atoms with E-state index in [0.29, 0.717) is 6.54 Å². The number of amides is 1. The van der Waals surface area contributed by atoms with Crippen LogP contribution in [0, 0.1) is 0 Å². The van der Waals surface area contributed by atoms with E-state index in [1.165, 1.54) is 4.90 Å². The molecule has 1 saturated heterocycles. The molecule has 1 heterocycles. The van der Waals surface area contributed by atoms with Gasteiger partial charge in [0.05, 0.1) is 6.54 Å². The van der Waals surface area contributed by atoms with Crippen molar-refractivity contribution in [2.45, 2.75) is 45.4 Å². The molecule has 0 radical (unpaired) electrons. The SMILES string of the molecule is C[C@H]1CN[C@H](C(=O)O)CN1C(=O)OC(C)(C)C. The molecule has 0 aromatic rings. The molecule has 0 saturated carbocycles. The van der Waals surface area contributed by atoms with Gasteiger partial charge in [0.15, 0.2) is 0 Å². The van der Waals surface area contributed by atoms with Crippen LogP contribution in [0.5, 0.6) is 0 Å². The number of carboxylic acid groups (broad SMARTS) is 1. The topological polar surface area (TPSA) is 78.9 Å². The Labute approximate surface area is 101 Å². The molecule has 0 aromatic carbocycles. The highest BCUT2D eigenvalue weighted by Crippen LogP contribution is 2.14. The van der Waals surface area contributed by atoms with Crippen molar-refractivity contribution in [2.24, 2.45) is 0 Å². The molecule has 0 bridgehead atoms. The largest absolute Gasteiger partial charge is 0.480 e. The number of hydrogen-bond acceptors (Lipinski definition) is 4. The smallest absolute Gasteiger partial charge is 0.410 e. The Hall–Kier alpha value is -1.30. The van der Waals surface area contributed by atoms with Crippen LogP contribution in [-0.2, 0) is 9.53 Å². The minimum Gasteiger partial charge on any atom is -0.480 e. The Balaban J connectivity index is 2.67. The van der Waals surface area contributed by atoms with Gasteiger partial charge in [-0.1, -0.05) is 0 Å². The van der Waals surface area contributed by atoms with Crippen LogP contribution in [0.15, 0.2) is 0 Å². The summed E-state index contributed by atoms with van der Waals surface area (Å²) >= 11 is 0. The minimum absolute atomic E-state index is 0.0690. The van der Waals surface area contributed by atoms with Crippen LogP contribution >= 0.6 is 0 Å². The molecule has 2 N–H and O–H groups in total. The molecule has 1 amide bonds. The van der Waals surface area contributed by atoms with E-state index >= 15 is 0 Å². The molecule has 0 aromatic heterocycles. The average molecular weight is 244 g/mol. The van der Waals surface area contributed by atoms with Crippen molar-refractivity contribution in [3.8, 4) is 0 Å². The predicted molar refractivity (Wildman–Crippen MR) is 61.8 cm³/mol. The number of rotatable bonds is 1. The summed E-state index contributed by atoms with van der Waals surface area (Å²) in [6, 6.07) is -0.792. The zero-order valence-corrected chi connectivity index (χ0v) is 10.7. The normalized spacial score (nSPS) is 25.5. The predicted octanol–water partition coefficient (Wildman–Crippen LogP) is 0.668. The van der Waals surface area contributed by atoms with Crippen molar-refractivity contribution < 1.29 is 19.4 Å². The molecule has 2 atom stereocenters. The first-order valence-electron chi connectivity index (χ1n) is 5.66. The summed E-state index contributed by atoms with van der Waals surface area (Å²) in [6.07, 6.45) is -0.460. The number of carbonyl (C=O) groups is 2. The summed E-state index contributed by atoms with van der Waals surface area (Å²) < 4.78 is 5.24. The molecular weight excluding hydrogens is 224 g/mol. The number of nitrogens with one attached hydrogen (secondary N) is 1. The average Bonchev–Trinajstić information content (AvgIpc) is 2.14. The Bertz CT molecular complexity index is 311. The molecule has 0 aliphatic carbocycles. The maximum atomic E-state index is 11.9. The van der Waals surface area contributed by atoms with E-state index in [2.05, 4.69) is 5.32 Å². The zero-order chi connectivity index (χ0) is 13.2. The summed E-state index contributed by atoms with van der Waals surface area (Å²) in [5, 5.41) is 11.8. The number of hydrogen-bond donors (Lipinski definition) is 2. The van der Waals surface area contributed by atoms with Crippen LogP contribution in [0.2, 0.25) is 0 Å². The van der Waals surface area contributed by atoms with Gasteiger partial charge < -0.3 is 20.1 Å². The lowest BCUT2D eigenvalue weighted by molar-refractivity contribution is -0.140. The van der Waals surface area contributed by atoms with Crippen LogP contribution in [0.4, 0.5) is 4.79 Å². The first kappa shape index (κ1) is 13.8. The number of carboxylic acids is 1. The summed E-state index contributed by atoms with van der Waals surface area (Å²) in [7, 11) is 0. The maximum absolute atomic E-state index is 11.9. The van der Waals surface area contributed by atoms with E-state index in [0.717, 1.165) is 0 Å². The summed E-state index contributed by atoms with van der Waals surface area (Å²) in [5.41, 5.74) is -0.569. The molecule has 17 heavy (non-hydrogen) atoms. The molecule has 6 nitrogen and oxygen atoms in total. The van der Waals surface area contributed by atoms with Crippen molar-refractivity contribution >= 4 is 12.1 Å². The van der Waals surface area contributed by atoms with Gasteiger partial charge in [0.2, 0.25) is 0 Å². The lowest BCUT2D eigenvalue weighted by atomic mass is 10.1. The first-order chi connectivity index (χ1) is 7.70. The van der Waals surface area contributed by atoms with Gasteiger partial charge in [-0.3, -0.25) is 4.79 Å². The van der Waals surface area contributed by atoms with Crippen molar-refractivity contribution in [3.05, 3.63) is 0 Å². The number of ether oxygens (including phenoxy) is 1. The lowest BCUT2D eigenvalue weighted by Crippen LogP contribution is -2.60. The van der Waals surface area contributed by atoms with Gasteiger partial charge in [0.25, 0.3) is 0 Å². The second kappa shape index (κ2) is 4.91. The van der Waals surface area contributed by atoms with Gasteiger partial charge in [-0.25, -0.2) is 4.79 Å². The first-order valence-corrected chi connectivity index (χ1v) is 5.66. The third kappa shape index (κ3) is 3.89. The monoisotopic (exact) mass is 244 g/mol. The molecule has 1 aliphatic rings. The van der Waals surface area contributed by atoms with Crippen LogP contribution in [0.3, 0.4) is 0 Å². The fraction of sp³-hybridized carbons (Fsp3) is 0.818. The van der Waals surface area contributed by atoms with Gasteiger partial charge in [0, 0.05) is 12.6 Å². The van der Waals surface area contributed by atoms with Crippen molar-refractivity contribution in [1.29, 1.82) is 0 Å². The fourth-order valence-corrected chi connectivity index (χ4v) is 1.60. The number of aliphatic carboxylic acids is 1. The van der Waals surface area contributed by atoms with E-state index in [9.17, 15) is 9.59 Å². The van der Waals surface area contributed by atoms with Crippen molar-refractivity contribution in [3.63, 3.8) is 0 Å². The number of nitrogens with zero attached hydrogens (tertiary/aromatic N) is 1. The third-order valence-corrected chi connectivity index (χ3v) is 2.50. The highest BCUT2D eigenvalue weighted by Gasteiger charge is 2.34. The molecule has 1 rings (SSSR count). The van der Waals surface area contributed by atoms with E-state index in [1.807, 2.05) is 6.92 Å². The van der Waals surface area contributed by atoms with E-state index in [-0.39, 0.29) is 12.6 Å². The van der Waals surface area contributed by atoms with Crippen LogP contribution in [-0.4, -0.2) is 52.8 Å². The lowest BCUT2D eigenvalue weighted by Gasteiger charge is -2.37. The second-order valence-electron chi connectivity index (χ2n) is 5.28. The molecule has 6 heteroatoms.